The van der Waals surface area contributed by atoms with Crippen LogP contribution in [0.15, 0.2) is 42.5 Å². The zero-order valence-corrected chi connectivity index (χ0v) is 17.6. The lowest BCUT2D eigenvalue weighted by Crippen LogP contribution is -2.21. The first-order valence-corrected chi connectivity index (χ1v) is 11.0. The molecule has 0 bridgehead atoms. The Morgan fingerprint density at radius 2 is 1.83 bits per heavy atom. The van der Waals surface area contributed by atoms with Crippen molar-refractivity contribution in [1.82, 2.24) is 10.0 Å². The molecule has 0 saturated carbocycles. The van der Waals surface area contributed by atoms with E-state index in [1.807, 2.05) is 0 Å². The van der Waals surface area contributed by atoms with E-state index in [0.717, 1.165) is 11.1 Å². The molecule has 2 aromatic carbocycles. The topological polar surface area (TPSA) is 103 Å². The summed E-state index contributed by atoms with van der Waals surface area (Å²) in [5.41, 5.74) is 2.29. The van der Waals surface area contributed by atoms with E-state index in [0.29, 0.717) is 42.6 Å². The number of fused-ring (bicyclic) bond motifs is 1. The molecule has 0 saturated heterocycles. The number of carbonyl (C=O) groups is 1. The Bertz CT molecular complexity index is 1010. The van der Waals surface area contributed by atoms with Gasteiger partial charge in [-0.05, 0) is 41.9 Å². The zero-order valence-electron chi connectivity index (χ0n) is 16.8. The minimum absolute atomic E-state index is 0.0854. The maximum atomic E-state index is 12.2. The minimum Gasteiger partial charge on any atom is -0.493 e. The van der Waals surface area contributed by atoms with E-state index in [9.17, 15) is 13.2 Å². The third-order valence-electron chi connectivity index (χ3n) is 4.43. The second kappa shape index (κ2) is 9.64. The molecular weight excluding hydrogens is 408 g/mol. The Morgan fingerprint density at radius 1 is 1.13 bits per heavy atom. The quantitative estimate of drug-likeness (QED) is 0.617. The molecule has 30 heavy (non-hydrogen) atoms. The SMILES string of the molecule is CNS(=O)(=O)Cc1ccc(CNC(=O)/C=C/c2cc(OC)c3c(c2)OCCO3)cc1. The lowest BCUT2D eigenvalue weighted by molar-refractivity contribution is -0.116. The van der Waals surface area contributed by atoms with Gasteiger partial charge < -0.3 is 19.5 Å². The summed E-state index contributed by atoms with van der Waals surface area (Å²) in [6, 6.07) is 10.6. The van der Waals surface area contributed by atoms with E-state index in [4.69, 9.17) is 14.2 Å². The second-order valence-electron chi connectivity index (χ2n) is 6.58. The fourth-order valence-electron chi connectivity index (χ4n) is 2.85. The summed E-state index contributed by atoms with van der Waals surface area (Å²) in [7, 11) is -0.379. The molecule has 2 aromatic rings. The highest BCUT2D eigenvalue weighted by molar-refractivity contribution is 7.88. The van der Waals surface area contributed by atoms with Crippen LogP contribution >= 0.6 is 0 Å². The number of nitrogens with one attached hydrogen (secondary N) is 2. The van der Waals surface area contributed by atoms with Crippen LogP contribution in [0.25, 0.3) is 6.08 Å². The average molecular weight is 432 g/mol. The molecule has 1 aliphatic heterocycles. The maximum absolute atomic E-state index is 12.2. The Balaban J connectivity index is 1.58. The summed E-state index contributed by atoms with van der Waals surface area (Å²) in [4.78, 5) is 12.2. The van der Waals surface area contributed by atoms with Crippen molar-refractivity contribution >= 4 is 22.0 Å². The molecule has 1 heterocycles. The second-order valence-corrected chi connectivity index (χ2v) is 8.50. The van der Waals surface area contributed by atoms with Gasteiger partial charge in [0.15, 0.2) is 11.5 Å². The van der Waals surface area contributed by atoms with Crippen LogP contribution in [0.5, 0.6) is 17.2 Å². The predicted molar refractivity (Wildman–Crippen MR) is 113 cm³/mol. The Morgan fingerprint density at radius 3 is 2.53 bits per heavy atom. The molecule has 160 valence electrons. The molecule has 0 aromatic heterocycles. The zero-order chi connectivity index (χ0) is 21.6. The molecule has 8 nitrogen and oxygen atoms in total. The number of hydrogen-bond acceptors (Lipinski definition) is 6. The van der Waals surface area contributed by atoms with Gasteiger partial charge in [0, 0.05) is 12.6 Å². The number of methoxy groups -OCH3 is 1. The first-order chi connectivity index (χ1) is 14.4. The van der Waals surface area contributed by atoms with Crippen molar-refractivity contribution in [2.24, 2.45) is 0 Å². The number of sulfonamides is 1. The Hall–Kier alpha value is -3.04. The first kappa shape index (κ1) is 21.7. The van der Waals surface area contributed by atoms with Gasteiger partial charge in [0.1, 0.15) is 13.2 Å². The number of benzene rings is 2. The van der Waals surface area contributed by atoms with Crippen molar-refractivity contribution in [3.05, 3.63) is 59.2 Å². The largest absolute Gasteiger partial charge is 0.493 e. The Kier molecular flexibility index (Phi) is 6.96. The molecule has 0 radical (unpaired) electrons. The third-order valence-corrected chi connectivity index (χ3v) is 5.77. The van der Waals surface area contributed by atoms with Crippen LogP contribution in [-0.4, -0.2) is 41.7 Å². The van der Waals surface area contributed by atoms with Gasteiger partial charge in [0.25, 0.3) is 0 Å². The molecule has 0 unspecified atom stereocenters. The third kappa shape index (κ3) is 5.74. The van der Waals surface area contributed by atoms with Crippen LogP contribution in [0.3, 0.4) is 0 Å². The van der Waals surface area contributed by atoms with Crippen LogP contribution in [0.1, 0.15) is 16.7 Å². The van der Waals surface area contributed by atoms with Crippen molar-refractivity contribution in [2.45, 2.75) is 12.3 Å². The van der Waals surface area contributed by atoms with Crippen LogP contribution in [-0.2, 0) is 27.1 Å². The molecule has 2 N–H and O–H groups in total. The Labute approximate surface area is 175 Å². The molecule has 9 heteroatoms. The van der Waals surface area contributed by atoms with E-state index in [1.54, 1.807) is 49.6 Å². The van der Waals surface area contributed by atoms with E-state index >= 15 is 0 Å². The van der Waals surface area contributed by atoms with E-state index in [1.165, 1.54) is 13.1 Å². The summed E-state index contributed by atoms with van der Waals surface area (Å²) >= 11 is 0. The molecule has 0 aliphatic carbocycles. The van der Waals surface area contributed by atoms with Gasteiger partial charge in [-0.25, -0.2) is 13.1 Å². The van der Waals surface area contributed by atoms with Crippen LogP contribution in [0.4, 0.5) is 0 Å². The van der Waals surface area contributed by atoms with Crippen LogP contribution in [0, 0.1) is 0 Å². The molecular formula is C21H24N2O6S. The van der Waals surface area contributed by atoms with Gasteiger partial charge in [-0.15, -0.1) is 0 Å². The number of hydrogen-bond donors (Lipinski definition) is 2. The summed E-state index contributed by atoms with van der Waals surface area (Å²) in [6.45, 7) is 1.25. The maximum Gasteiger partial charge on any atom is 0.244 e. The highest BCUT2D eigenvalue weighted by Gasteiger charge is 2.17. The first-order valence-electron chi connectivity index (χ1n) is 9.33. The number of carbonyl (C=O) groups excluding carboxylic acids is 1. The number of rotatable bonds is 8. The summed E-state index contributed by atoms with van der Waals surface area (Å²) in [5.74, 6) is 1.35. The predicted octanol–water partition coefficient (Wildman–Crippen LogP) is 1.85. The minimum atomic E-state index is -3.31. The molecule has 0 spiro atoms. The van der Waals surface area contributed by atoms with Gasteiger partial charge in [-0.3, -0.25) is 4.79 Å². The molecule has 1 amide bonds. The van der Waals surface area contributed by atoms with E-state index < -0.39 is 10.0 Å². The van der Waals surface area contributed by atoms with Gasteiger partial charge in [-0.2, -0.15) is 0 Å². The average Bonchev–Trinajstić information content (AvgIpc) is 2.76. The van der Waals surface area contributed by atoms with Crippen molar-refractivity contribution in [3.8, 4) is 17.2 Å². The molecule has 0 atom stereocenters. The number of ether oxygens (including phenoxy) is 3. The van der Waals surface area contributed by atoms with E-state index in [-0.39, 0.29) is 11.7 Å². The van der Waals surface area contributed by atoms with Gasteiger partial charge in [0.05, 0.1) is 12.9 Å². The van der Waals surface area contributed by atoms with E-state index in [2.05, 4.69) is 10.0 Å². The number of amides is 1. The summed E-state index contributed by atoms with van der Waals surface area (Å²) < 4.78 is 41.9. The fourth-order valence-corrected chi connectivity index (χ4v) is 3.63. The van der Waals surface area contributed by atoms with Crippen molar-refractivity contribution in [2.75, 3.05) is 27.4 Å². The molecule has 0 fully saturated rings. The van der Waals surface area contributed by atoms with Gasteiger partial charge >= 0.3 is 0 Å². The highest BCUT2D eigenvalue weighted by Crippen LogP contribution is 2.40. The summed E-state index contributed by atoms with van der Waals surface area (Å²) in [5, 5.41) is 2.80. The van der Waals surface area contributed by atoms with Crippen LogP contribution in [0.2, 0.25) is 0 Å². The van der Waals surface area contributed by atoms with Gasteiger partial charge in [0.2, 0.25) is 21.7 Å². The molecule has 3 rings (SSSR count). The monoisotopic (exact) mass is 432 g/mol. The normalized spacial score (nSPS) is 13.3. The highest BCUT2D eigenvalue weighted by atomic mass is 32.2. The standard InChI is InChI=1S/C21H24N2O6S/c1-22-30(25,26)14-16-5-3-15(4-6-16)13-23-20(24)8-7-17-11-18(27-2)21-19(12-17)28-9-10-29-21/h3-8,11-12,22H,9-10,13-14H2,1-2H3,(H,23,24)/b8-7+. The van der Waals surface area contributed by atoms with Crippen molar-refractivity contribution in [1.29, 1.82) is 0 Å². The lowest BCUT2D eigenvalue weighted by Gasteiger charge is -2.20. The molecule has 1 aliphatic rings. The fraction of sp³-hybridized carbons (Fsp3) is 0.286. The van der Waals surface area contributed by atoms with Crippen molar-refractivity contribution in [3.63, 3.8) is 0 Å². The van der Waals surface area contributed by atoms with Crippen LogP contribution < -0.4 is 24.2 Å². The van der Waals surface area contributed by atoms with Crippen molar-refractivity contribution < 1.29 is 27.4 Å². The van der Waals surface area contributed by atoms with Gasteiger partial charge in [-0.1, -0.05) is 24.3 Å². The smallest absolute Gasteiger partial charge is 0.244 e. The lowest BCUT2D eigenvalue weighted by atomic mass is 10.1. The summed E-state index contributed by atoms with van der Waals surface area (Å²) in [6.07, 6.45) is 3.10.